The number of fused-ring (bicyclic) bond motifs is 14. The number of para-hydroxylation sites is 2. The van der Waals surface area contributed by atoms with E-state index in [1.54, 1.807) is 0 Å². The van der Waals surface area contributed by atoms with Crippen LogP contribution in [0.25, 0.3) is 164 Å². The van der Waals surface area contributed by atoms with Crippen molar-refractivity contribution in [2.75, 3.05) is 0 Å². The Kier molecular flexibility index (Phi) is 12.8. The van der Waals surface area contributed by atoms with Crippen LogP contribution in [0.3, 0.4) is 0 Å². The SMILES string of the molecule is CC1(C)OB(c2ccc(-c3nc4ccccc4c4c3ccc3ccccc34)cc2)OC1(C)C.c1ccc2cc(-c3c4ccccc4c(-c4ccc5ccccc5c4)c4cc(-c5ccc(-c6nc7ccccc7c7c6ccc6ccccc67)cc5)ccc34)ccc2c1. The van der Waals surface area contributed by atoms with Crippen LogP contribution in [0.4, 0.5) is 0 Å². The molecule has 0 N–H and O–H groups in total. The highest BCUT2D eigenvalue weighted by atomic mass is 16.7. The van der Waals surface area contributed by atoms with Gasteiger partial charge in [0.05, 0.1) is 33.6 Å². The summed E-state index contributed by atoms with van der Waals surface area (Å²) < 4.78 is 12.5. The predicted octanol–water partition coefficient (Wildman–Crippen LogP) is 22.3. The summed E-state index contributed by atoms with van der Waals surface area (Å²) in [5.74, 6) is 0. The van der Waals surface area contributed by atoms with E-state index in [2.05, 4.69) is 325 Å². The van der Waals surface area contributed by atoms with E-state index in [1.807, 2.05) is 0 Å². The summed E-state index contributed by atoms with van der Waals surface area (Å²) in [5.41, 5.74) is 13.9. The van der Waals surface area contributed by atoms with Gasteiger partial charge < -0.3 is 9.31 Å². The molecule has 2 aromatic heterocycles. The summed E-state index contributed by atoms with van der Waals surface area (Å²) in [6.07, 6.45) is 0. The minimum absolute atomic E-state index is 0.354. The molecule has 4 nitrogen and oxygen atoms in total. The maximum absolute atomic E-state index is 6.23. The Morgan fingerprint density at radius 1 is 0.253 bits per heavy atom. The van der Waals surface area contributed by atoms with Crippen molar-refractivity contribution in [1.82, 2.24) is 9.97 Å². The molecule has 1 saturated heterocycles. The average Bonchev–Trinajstić information content (AvgIpc) is 1.36. The van der Waals surface area contributed by atoms with Gasteiger partial charge in [0.1, 0.15) is 0 Å². The van der Waals surface area contributed by atoms with Gasteiger partial charge in [0.2, 0.25) is 0 Å². The zero-order chi connectivity index (χ0) is 61.0. The number of pyridine rings is 2. The second kappa shape index (κ2) is 21.5. The maximum atomic E-state index is 6.23. The number of rotatable bonds is 6. The Labute approximate surface area is 528 Å². The molecule has 0 atom stereocenters. The van der Waals surface area contributed by atoms with E-state index in [1.165, 1.54) is 125 Å². The number of nitrogens with zero attached hydrogens (tertiary/aromatic N) is 2. The molecule has 3 heterocycles. The molecule has 5 heteroatoms. The molecule has 91 heavy (non-hydrogen) atoms. The van der Waals surface area contributed by atoms with E-state index in [-0.39, 0.29) is 18.3 Å². The van der Waals surface area contributed by atoms with Crippen LogP contribution < -0.4 is 5.46 Å². The van der Waals surface area contributed by atoms with Crippen LogP contribution in [0.2, 0.25) is 0 Å². The molecular formula is C86H61BN2O2. The largest absolute Gasteiger partial charge is 0.494 e. The fourth-order valence-corrected chi connectivity index (χ4v) is 14.2. The van der Waals surface area contributed by atoms with Crippen LogP contribution in [0, 0.1) is 0 Å². The monoisotopic (exact) mass is 1160 g/mol. The first-order valence-electron chi connectivity index (χ1n) is 31.5. The summed E-state index contributed by atoms with van der Waals surface area (Å²) in [7, 11) is -0.366. The fraction of sp³-hybridized carbons (Fsp3) is 0.0698. The third-order valence-electron chi connectivity index (χ3n) is 19.5. The summed E-state index contributed by atoms with van der Waals surface area (Å²) in [4.78, 5) is 10.4. The van der Waals surface area contributed by atoms with E-state index in [4.69, 9.17) is 19.3 Å². The second-order valence-corrected chi connectivity index (χ2v) is 25.3. The smallest absolute Gasteiger partial charge is 0.399 e. The van der Waals surface area contributed by atoms with Crippen molar-refractivity contribution in [1.29, 1.82) is 0 Å². The summed E-state index contributed by atoms with van der Waals surface area (Å²) in [5, 5.41) is 22.2. The molecule has 0 spiro atoms. The lowest BCUT2D eigenvalue weighted by atomic mass is 9.78. The lowest BCUT2D eigenvalue weighted by Gasteiger charge is -2.32. The van der Waals surface area contributed by atoms with Crippen LogP contribution in [0.1, 0.15) is 27.7 Å². The minimum atomic E-state index is -0.366. The van der Waals surface area contributed by atoms with Gasteiger partial charge in [-0.25, -0.2) is 9.97 Å². The van der Waals surface area contributed by atoms with Gasteiger partial charge in [0, 0.05) is 43.4 Å². The van der Waals surface area contributed by atoms with Crippen LogP contribution in [-0.2, 0) is 9.31 Å². The van der Waals surface area contributed by atoms with Crippen molar-refractivity contribution < 1.29 is 9.31 Å². The van der Waals surface area contributed by atoms with Gasteiger partial charge in [-0.2, -0.15) is 0 Å². The maximum Gasteiger partial charge on any atom is 0.494 e. The average molecular weight is 1170 g/mol. The van der Waals surface area contributed by atoms with Gasteiger partial charge in [-0.05, 0) is 162 Å². The third-order valence-corrected chi connectivity index (χ3v) is 19.5. The molecule has 15 aromatic carbocycles. The highest BCUT2D eigenvalue weighted by Crippen LogP contribution is 2.47. The zero-order valence-electron chi connectivity index (χ0n) is 51.1. The van der Waals surface area contributed by atoms with Crippen molar-refractivity contribution in [3.63, 3.8) is 0 Å². The Hall–Kier alpha value is -10.8. The van der Waals surface area contributed by atoms with E-state index < -0.39 is 0 Å². The molecule has 18 rings (SSSR count). The second-order valence-electron chi connectivity index (χ2n) is 25.3. The molecule has 0 amide bonds. The molecule has 1 aliphatic heterocycles. The predicted molar refractivity (Wildman–Crippen MR) is 386 cm³/mol. The van der Waals surface area contributed by atoms with Gasteiger partial charge in [-0.1, -0.05) is 267 Å². The van der Waals surface area contributed by atoms with Crippen LogP contribution >= 0.6 is 0 Å². The Morgan fingerprint density at radius 2 is 0.593 bits per heavy atom. The first kappa shape index (κ1) is 54.3. The number of hydrogen-bond donors (Lipinski definition) is 0. The van der Waals surface area contributed by atoms with Gasteiger partial charge in [0.25, 0.3) is 0 Å². The number of benzene rings is 15. The van der Waals surface area contributed by atoms with E-state index >= 15 is 0 Å². The minimum Gasteiger partial charge on any atom is -0.399 e. The first-order valence-corrected chi connectivity index (χ1v) is 31.5. The molecule has 0 unspecified atom stereocenters. The molecule has 1 aliphatic rings. The van der Waals surface area contributed by atoms with E-state index in [9.17, 15) is 0 Å². The highest BCUT2D eigenvalue weighted by molar-refractivity contribution is 6.62. The molecule has 1 fully saturated rings. The van der Waals surface area contributed by atoms with Crippen molar-refractivity contribution in [3.05, 3.63) is 297 Å². The van der Waals surface area contributed by atoms with E-state index in [0.29, 0.717) is 0 Å². The summed E-state index contributed by atoms with van der Waals surface area (Å²) in [6, 6.07) is 108. The van der Waals surface area contributed by atoms with Gasteiger partial charge >= 0.3 is 7.12 Å². The molecule has 0 bridgehead atoms. The van der Waals surface area contributed by atoms with Crippen molar-refractivity contribution in [3.8, 4) is 55.9 Å². The van der Waals surface area contributed by atoms with E-state index in [0.717, 1.165) is 44.4 Å². The number of aromatic nitrogens is 2. The van der Waals surface area contributed by atoms with Gasteiger partial charge in [0.15, 0.2) is 0 Å². The van der Waals surface area contributed by atoms with Gasteiger partial charge in [-0.3, -0.25) is 0 Å². The standard InChI is InChI=1S/C57H35N.C29H26BNO2/c1-3-14-41-33-44(27-23-36(41)11-1)54-47-17-7-8-18-48(47)55(45-28-24-37-12-2-4-15-42(37)34-45)52-35-43(30-31-49(52)54)38-21-25-40(26-22-38)57-51-32-29-39-13-5-6-16-46(39)56(51)50-19-9-10-20-53(50)58-57;1-28(2)29(3,4)33-30(32-28)21-16-13-20(14-17-21)27-24-18-15-19-9-5-6-10-22(19)26(24)23-11-7-8-12-25(23)31-27/h1-35H;5-18H,1-4H3. The highest BCUT2D eigenvalue weighted by Gasteiger charge is 2.51. The molecule has 0 radical (unpaired) electrons. The number of hydrogen-bond acceptors (Lipinski definition) is 4. The third kappa shape index (κ3) is 9.22. The Bertz CT molecular complexity index is 5750. The Balaban J connectivity index is 0.000000163. The summed E-state index contributed by atoms with van der Waals surface area (Å²) in [6.45, 7) is 8.32. The first-order chi connectivity index (χ1) is 44.6. The fourth-order valence-electron chi connectivity index (χ4n) is 14.2. The normalized spacial score (nSPS) is 13.8. The quantitative estimate of drug-likeness (QED) is 0.0945. The van der Waals surface area contributed by atoms with Crippen molar-refractivity contribution in [2.45, 2.75) is 38.9 Å². The van der Waals surface area contributed by atoms with Crippen LogP contribution in [0.5, 0.6) is 0 Å². The lowest BCUT2D eigenvalue weighted by Crippen LogP contribution is -2.41. The topological polar surface area (TPSA) is 44.2 Å². The van der Waals surface area contributed by atoms with Crippen molar-refractivity contribution >= 4 is 121 Å². The lowest BCUT2D eigenvalue weighted by molar-refractivity contribution is 0.00578. The molecule has 17 aromatic rings. The molecule has 0 saturated carbocycles. The zero-order valence-corrected chi connectivity index (χ0v) is 51.1. The Morgan fingerprint density at radius 3 is 1.09 bits per heavy atom. The van der Waals surface area contributed by atoms with Crippen LogP contribution in [0.15, 0.2) is 297 Å². The molecule has 0 aliphatic carbocycles. The molecule has 430 valence electrons. The van der Waals surface area contributed by atoms with Gasteiger partial charge in [-0.15, -0.1) is 0 Å². The summed E-state index contributed by atoms with van der Waals surface area (Å²) >= 11 is 0. The van der Waals surface area contributed by atoms with Crippen molar-refractivity contribution in [2.24, 2.45) is 0 Å². The van der Waals surface area contributed by atoms with Crippen LogP contribution in [-0.4, -0.2) is 28.3 Å². The molecular weight excluding hydrogens is 1100 g/mol.